The molecule has 2 amide bonds. The Morgan fingerprint density at radius 2 is 1.82 bits per heavy atom. The lowest BCUT2D eigenvalue weighted by Gasteiger charge is -2.16. The second-order valence-electron chi connectivity index (χ2n) is 8.10. The van der Waals surface area contributed by atoms with Gasteiger partial charge in [-0.2, -0.15) is 5.10 Å². The van der Waals surface area contributed by atoms with Gasteiger partial charge < -0.3 is 15.4 Å². The third-order valence-electron chi connectivity index (χ3n) is 5.74. The van der Waals surface area contributed by atoms with E-state index in [2.05, 4.69) is 25.8 Å². The lowest BCUT2D eigenvalue weighted by Crippen LogP contribution is -2.35. The molecule has 0 radical (unpaired) electrons. The molecule has 2 heterocycles. The van der Waals surface area contributed by atoms with Crippen LogP contribution in [0.25, 0.3) is 11.0 Å². The van der Waals surface area contributed by atoms with Crippen molar-refractivity contribution in [2.45, 2.75) is 19.8 Å². The molecular formula is C24H19ClFN5O3. The molecule has 0 bridgehead atoms. The van der Waals surface area contributed by atoms with Gasteiger partial charge in [-0.3, -0.25) is 14.7 Å². The van der Waals surface area contributed by atoms with Crippen molar-refractivity contribution >= 4 is 45.8 Å². The third-order valence-corrected chi connectivity index (χ3v) is 6.05. The quantitative estimate of drug-likeness (QED) is 0.329. The van der Waals surface area contributed by atoms with Crippen LogP contribution >= 0.6 is 11.6 Å². The summed E-state index contributed by atoms with van der Waals surface area (Å²) < 4.78 is 19.1. The van der Waals surface area contributed by atoms with Crippen LogP contribution in [-0.4, -0.2) is 27.0 Å². The number of H-pyrrole nitrogens is 1. The molecule has 0 unspecified atom stereocenters. The minimum Gasteiger partial charge on any atom is -0.456 e. The Morgan fingerprint density at radius 3 is 2.53 bits per heavy atom. The second kappa shape index (κ2) is 8.42. The number of carbonyl (C=O) groups is 2. The molecule has 4 aromatic rings. The number of amides is 2. The predicted octanol–water partition coefficient (Wildman–Crippen LogP) is 5.21. The molecule has 1 aliphatic carbocycles. The average Bonchev–Trinajstić information content (AvgIpc) is 3.55. The Morgan fingerprint density at radius 1 is 1.09 bits per heavy atom. The summed E-state index contributed by atoms with van der Waals surface area (Å²) in [5, 5.41) is 13.4. The molecule has 1 aliphatic rings. The molecule has 0 spiro atoms. The van der Waals surface area contributed by atoms with Gasteiger partial charge in [0.05, 0.1) is 16.1 Å². The number of aryl methyl sites for hydroxylation is 1. The van der Waals surface area contributed by atoms with Crippen LogP contribution in [0, 0.1) is 18.2 Å². The number of pyridine rings is 1. The molecule has 1 fully saturated rings. The molecule has 1 saturated carbocycles. The van der Waals surface area contributed by atoms with E-state index in [9.17, 15) is 14.0 Å². The first-order valence-corrected chi connectivity index (χ1v) is 10.9. The van der Waals surface area contributed by atoms with Gasteiger partial charge in [-0.05, 0) is 62.2 Å². The normalized spacial score (nSPS) is 14.0. The average molecular weight is 480 g/mol. The number of nitrogens with one attached hydrogen (secondary N) is 3. The second-order valence-corrected chi connectivity index (χ2v) is 8.50. The summed E-state index contributed by atoms with van der Waals surface area (Å²) in [6.45, 7) is 1.87. The van der Waals surface area contributed by atoms with E-state index in [1.54, 1.807) is 30.5 Å². The molecule has 172 valence electrons. The Bertz CT molecular complexity index is 1420. The number of ether oxygens (including phenoxy) is 1. The Kier molecular flexibility index (Phi) is 5.41. The number of aromatic amines is 1. The third kappa shape index (κ3) is 4.06. The van der Waals surface area contributed by atoms with Gasteiger partial charge in [0.15, 0.2) is 5.65 Å². The highest BCUT2D eigenvalue weighted by molar-refractivity contribution is 6.34. The number of rotatable bonds is 6. The van der Waals surface area contributed by atoms with Crippen molar-refractivity contribution in [1.29, 1.82) is 0 Å². The molecular weight excluding hydrogens is 461 g/mol. The zero-order valence-electron chi connectivity index (χ0n) is 18.0. The molecule has 0 aliphatic heterocycles. The van der Waals surface area contributed by atoms with E-state index in [-0.39, 0.29) is 5.02 Å². The van der Waals surface area contributed by atoms with Crippen molar-refractivity contribution in [3.05, 3.63) is 71.3 Å². The molecule has 0 atom stereocenters. The summed E-state index contributed by atoms with van der Waals surface area (Å²) in [6, 6.07) is 12.0. The van der Waals surface area contributed by atoms with Crippen LogP contribution in [0.3, 0.4) is 0 Å². The number of benzene rings is 2. The van der Waals surface area contributed by atoms with Gasteiger partial charge in [-0.25, -0.2) is 9.37 Å². The molecule has 8 nitrogen and oxygen atoms in total. The maximum Gasteiger partial charge on any atom is 0.240 e. The summed E-state index contributed by atoms with van der Waals surface area (Å²) in [6.07, 6.45) is 2.42. The van der Waals surface area contributed by atoms with E-state index < -0.39 is 23.0 Å². The summed E-state index contributed by atoms with van der Waals surface area (Å²) in [7, 11) is 0. The number of halogens is 2. The van der Waals surface area contributed by atoms with Crippen molar-refractivity contribution < 1.29 is 18.7 Å². The van der Waals surface area contributed by atoms with E-state index in [4.69, 9.17) is 16.3 Å². The van der Waals surface area contributed by atoms with Crippen LogP contribution in [0.15, 0.2) is 54.7 Å². The van der Waals surface area contributed by atoms with Crippen LogP contribution in [-0.2, 0) is 9.59 Å². The molecule has 2 aromatic heterocycles. The first-order valence-electron chi connectivity index (χ1n) is 10.5. The monoisotopic (exact) mass is 479 g/mol. The number of aromatic nitrogens is 3. The van der Waals surface area contributed by atoms with Gasteiger partial charge in [0.25, 0.3) is 0 Å². The van der Waals surface area contributed by atoms with Crippen LogP contribution in [0.4, 0.5) is 15.8 Å². The standard InChI is InChI=1S/C24H19ClFN5O3/c1-13-20-19(8-11-27-21(20)31-30-13)34-16-6-7-18(17(25)12-16)29-23(33)24(9-10-24)22(32)28-15-4-2-14(26)3-5-15/h2-8,11-12H,9-10H2,1H3,(H,28,32)(H,29,33)(H,27,30,31). The number of hydrogen-bond donors (Lipinski definition) is 3. The lowest BCUT2D eigenvalue weighted by molar-refractivity contribution is -0.131. The minimum atomic E-state index is -1.19. The van der Waals surface area contributed by atoms with E-state index >= 15 is 0 Å². The highest BCUT2D eigenvalue weighted by Gasteiger charge is 2.56. The maximum absolute atomic E-state index is 13.1. The maximum atomic E-state index is 13.1. The van der Waals surface area contributed by atoms with Crippen LogP contribution < -0.4 is 15.4 Å². The molecule has 3 N–H and O–H groups in total. The summed E-state index contributed by atoms with van der Waals surface area (Å²) in [4.78, 5) is 29.9. The first-order chi connectivity index (χ1) is 16.4. The van der Waals surface area contributed by atoms with Crippen molar-refractivity contribution in [2.75, 3.05) is 10.6 Å². The van der Waals surface area contributed by atoms with Crippen molar-refractivity contribution in [3.8, 4) is 11.5 Å². The van der Waals surface area contributed by atoms with E-state index in [1.807, 2.05) is 6.92 Å². The van der Waals surface area contributed by atoms with Gasteiger partial charge in [-0.1, -0.05) is 11.6 Å². The zero-order chi connectivity index (χ0) is 23.9. The van der Waals surface area contributed by atoms with Gasteiger partial charge >= 0.3 is 0 Å². The van der Waals surface area contributed by atoms with Gasteiger partial charge in [0.2, 0.25) is 11.8 Å². The van der Waals surface area contributed by atoms with Crippen LogP contribution in [0.5, 0.6) is 11.5 Å². The summed E-state index contributed by atoms with van der Waals surface area (Å²) >= 11 is 6.40. The van der Waals surface area contributed by atoms with Gasteiger partial charge in [-0.15, -0.1) is 0 Å². The van der Waals surface area contributed by atoms with Crippen molar-refractivity contribution in [1.82, 2.24) is 15.2 Å². The molecule has 10 heteroatoms. The van der Waals surface area contributed by atoms with E-state index in [0.29, 0.717) is 41.4 Å². The Hall–Kier alpha value is -3.98. The van der Waals surface area contributed by atoms with Crippen LogP contribution in [0.2, 0.25) is 5.02 Å². The Balaban J connectivity index is 1.29. The smallest absolute Gasteiger partial charge is 0.240 e. The number of carbonyl (C=O) groups excluding carboxylic acids is 2. The predicted molar refractivity (Wildman–Crippen MR) is 125 cm³/mol. The highest BCUT2D eigenvalue weighted by Crippen LogP contribution is 2.48. The topological polar surface area (TPSA) is 109 Å². The van der Waals surface area contributed by atoms with E-state index in [1.165, 1.54) is 24.3 Å². The van der Waals surface area contributed by atoms with Crippen molar-refractivity contribution in [3.63, 3.8) is 0 Å². The fourth-order valence-electron chi connectivity index (χ4n) is 3.64. The van der Waals surface area contributed by atoms with Gasteiger partial charge in [0.1, 0.15) is 22.7 Å². The first kappa shape index (κ1) is 21.8. The molecule has 2 aromatic carbocycles. The number of nitrogens with zero attached hydrogens (tertiary/aromatic N) is 2. The van der Waals surface area contributed by atoms with Gasteiger partial charge in [0, 0.05) is 23.6 Å². The minimum absolute atomic E-state index is 0.259. The zero-order valence-corrected chi connectivity index (χ0v) is 18.7. The lowest BCUT2D eigenvalue weighted by atomic mass is 10.0. The molecule has 5 rings (SSSR count). The van der Waals surface area contributed by atoms with Crippen LogP contribution in [0.1, 0.15) is 18.5 Å². The Labute approximate surface area is 198 Å². The summed E-state index contributed by atoms with van der Waals surface area (Å²) in [5.74, 6) is -0.269. The van der Waals surface area contributed by atoms with E-state index in [0.717, 1.165) is 11.1 Å². The fraction of sp³-hybridized carbons (Fsp3) is 0.167. The summed E-state index contributed by atoms with van der Waals surface area (Å²) in [5.41, 5.74) is 0.955. The van der Waals surface area contributed by atoms with Crippen molar-refractivity contribution in [2.24, 2.45) is 5.41 Å². The number of hydrogen-bond acceptors (Lipinski definition) is 5. The number of fused-ring (bicyclic) bond motifs is 1. The highest BCUT2D eigenvalue weighted by atomic mass is 35.5. The number of anilines is 2. The molecule has 0 saturated heterocycles. The largest absolute Gasteiger partial charge is 0.456 e. The fourth-order valence-corrected chi connectivity index (χ4v) is 3.86. The SMILES string of the molecule is Cc1[nH]nc2nccc(Oc3ccc(NC(=O)C4(C(=O)Nc5ccc(F)cc5)CC4)c(Cl)c3)c12. The molecule has 34 heavy (non-hydrogen) atoms.